The summed E-state index contributed by atoms with van der Waals surface area (Å²) >= 11 is 0. The molecule has 0 bridgehead atoms. The van der Waals surface area contributed by atoms with Crippen molar-refractivity contribution in [3.05, 3.63) is 29.8 Å². The minimum atomic E-state index is -0.191. The van der Waals surface area contributed by atoms with Crippen molar-refractivity contribution in [2.24, 2.45) is 0 Å². The van der Waals surface area contributed by atoms with Gasteiger partial charge in [-0.15, -0.1) is 0 Å². The van der Waals surface area contributed by atoms with Crippen LogP contribution in [0, 0.1) is 0 Å². The third-order valence-electron chi connectivity index (χ3n) is 2.93. The lowest BCUT2D eigenvalue weighted by molar-refractivity contribution is -0.134. The molecule has 1 atom stereocenters. The van der Waals surface area contributed by atoms with Crippen LogP contribution >= 0.6 is 0 Å². The smallest absolute Gasteiger partial charge is 0.234 e. The quantitative estimate of drug-likeness (QED) is 0.790. The Balaban J connectivity index is 0.00000162. The lowest BCUT2D eigenvalue weighted by Gasteiger charge is -2.21. The summed E-state index contributed by atoms with van der Waals surface area (Å²) in [7, 11) is 0. The van der Waals surface area contributed by atoms with Gasteiger partial charge in [0.25, 0.3) is 0 Å². The normalized spacial score (nSPS) is 19.9. The van der Waals surface area contributed by atoms with E-state index in [1.165, 1.54) is 0 Å². The third-order valence-corrected chi connectivity index (χ3v) is 2.93. The van der Waals surface area contributed by atoms with Crippen molar-refractivity contribution in [2.45, 2.75) is 25.7 Å². The molecule has 1 aromatic carbocycles. The summed E-state index contributed by atoms with van der Waals surface area (Å²) in [4.78, 5) is 22.7. The maximum absolute atomic E-state index is 11.7. The van der Waals surface area contributed by atoms with Gasteiger partial charge in [-0.25, -0.2) is 0 Å². The minimum absolute atomic E-state index is 0. The standard InChI is InChI=1S/C13H16N2O2.2H2/c1-2-14-10-5-3-9(4-6-10)11-7-8-12(16)15-13(11)17;;/h3-6,11,14H,2,7-8H2,1H3,(H,15,16,17);2*1H. The van der Waals surface area contributed by atoms with Crippen molar-refractivity contribution in [2.75, 3.05) is 11.9 Å². The van der Waals surface area contributed by atoms with E-state index in [1.54, 1.807) is 0 Å². The van der Waals surface area contributed by atoms with Crippen molar-refractivity contribution < 1.29 is 12.4 Å². The summed E-state index contributed by atoms with van der Waals surface area (Å²) in [5.74, 6) is -0.545. The minimum Gasteiger partial charge on any atom is -0.385 e. The molecule has 0 radical (unpaired) electrons. The highest BCUT2D eigenvalue weighted by Crippen LogP contribution is 2.25. The first-order valence-corrected chi connectivity index (χ1v) is 5.88. The molecule has 94 valence electrons. The predicted molar refractivity (Wildman–Crippen MR) is 70.0 cm³/mol. The lowest BCUT2D eigenvalue weighted by Crippen LogP contribution is -2.39. The second-order valence-corrected chi connectivity index (χ2v) is 4.16. The number of piperidine rings is 1. The van der Waals surface area contributed by atoms with Gasteiger partial charge < -0.3 is 5.32 Å². The molecule has 1 heterocycles. The first-order chi connectivity index (χ1) is 8.20. The van der Waals surface area contributed by atoms with E-state index in [4.69, 9.17) is 0 Å². The molecular formula is C13H20N2O2. The molecule has 1 aliphatic heterocycles. The van der Waals surface area contributed by atoms with Crippen LogP contribution in [-0.4, -0.2) is 18.4 Å². The number of anilines is 1. The Labute approximate surface area is 103 Å². The molecule has 1 unspecified atom stereocenters. The van der Waals surface area contributed by atoms with E-state index in [0.29, 0.717) is 12.8 Å². The van der Waals surface area contributed by atoms with E-state index in [2.05, 4.69) is 10.6 Å². The second kappa shape index (κ2) is 4.99. The molecule has 0 aromatic heterocycles. The zero-order valence-electron chi connectivity index (χ0n) is 9.82. The molecule has 1 aliphatic rings. The molecule has 0 spiro atoms. The van der Waals surface area contributed by atoms with E-state index >= 15 is 0 Å². The Morgan fingerprint density at radius 1 is 1.35 bits per heavy atom. The van der Waals surface area contributed by atoms with Gasteiger partial charge in [0, 0.05) is 21.5 Å². The van der Waals surface area contributed by atoms with E-state index in [0.717, 1.165) is 17.8 Å². The zero-order chi connectivity index (χ0) is 12.3. The molecule has 0 saturated carbocycles. The van der Waals surface area contributed by atoms with Crippen molar-refractivity contribution in [1.29, 1.82) is 0 Å². The van der Waals surface area contributed by atoms with Crippen LogP contribution in [0.25, 0.3) is 0 Å². The molecule has 0 aliphatic carbocycles. The van der Waals surface area contributed by atoms with Crippen LogP contribution in [0.5, 0.6) is 0 Å². The van der Waals surface area contributed by atoms with E-state index in [-0.39, 0.29) is 20.6 Å². The van der Waals surface area contributed by atoms with Crippen molar-refractivity contribution in [3.63, 3.8) is 0 Å². The summed E-state index contributed by atoms with van der Waals surface area (Å²) in [6.45, 7) is 2.91. The Hall–Kier alpha value is -1.84. The lowest BCUT2D eigenvalue weighted by atomic mass is 9.90. The number of hydrogen-bond acceptors (Lipinski definition) is 3. The molecule has 1 saturated heterocycles. The number of nitrogens with one attached hydrogen (secondary N) is 2. The van der Waals surface area contributed by atoms with Crippen molar-refractivity contribution >= 4 is 17.5 Å². The van der Waals surface area contributed by atoms with E-state index < -0.39 is 0 Å². The highest BCUT2D eigenvalue weighted by Gasteiger charge is 2.27. The van der Waals surface area contributed by atoms with Gasteiger partial charge in [0.15, 0.2) is 0 Å². The van der Waals surface area contributed by atoms with Crippen LogP contribution in [0.2, 0.25) is 0 Å². The first-order valence-electron chi connectivity index (χ1n) is 5.88. The van der Waals surface area contributed by atoms with Crippen LogP contribution < -0.4 is 10.6 Å². The molecule has 17 heavy (non-hydrogen) atoms. The Kier molecular flexibility index (Phi) is 3.42. The van der Waals surface area contributed by atoms with Crippen LogP contribution in [0.15, 0.2) is 24.3 Å². The molecule has 2 amide bonds. The summed E-state index contributed by atoms with van der Waals surface area (Å²) in [5, 5.41) is 5.58. The summed E-state index contributed by atoms with van der Waals surface area (Å²) < 4.78 is 0. The van der Waals surface area contributed by atoms with Crippen LogP contribution in [-0.2, 0) is 9.59 Å². The molecule has 1 aromatic rings. The van der Waals surface area contributed by atoms with Gasteiger partial charge in [-0.05, 0) is 31.0 Å². The molecular weight excluding hydrogens is 216 g/mol. The van der Waals surface area contributed by atoms with Gasteiger partial charge in [-0.2, -0.15) is 0 Å². The highest BCUT2D eigenvalue weighted by molar-refractivity contribution is 6.00. The number of carbonyl (C=O) groups excluding carboxylic acids is 2. The fraction of sp³-hybridized carbons (Fsp3) is 0.385. The second-order valence-electron chi connectivity index (χ2n) is 4.16. The zero-order valence-corrected chi connectivity index (χ0v) is 9.82. The van der Waals surface area contributed by atoms with Crippen LogP contribution in [0.1, 0.15) is 34.1 Å². The van der Waals surface area contributed by atoms with Crippen molar-refractivity contribution in [1.82, 2.24) is 5.32 Å². The van der Waals surface area contributed by atoms with Gasteiger partial charge in [0.05, 0.1) is 5.92 Å². The van der Waals surface area contributed by atoms with Gasteiger partial charge in [-0.3, -0.25) is 14.9 Å². The van der Waals surface area contributed by atoms with Gasteiger partial charge in [0.2, 0.25) is 11.8 Å². The number of imide groups is 1. The summed E-state index contributed by atoms with van der Waals surface area (Å²) in [6, 6.07) is 7.81. The number of rotatable bonds is 3. The Morgan fingerprint density at radius 3 is 2.65 bits per heavy atom. The largest absolute Gasteiger partial charge is 0.385 e. The van der Waals surface area contributed by atoms with E-state index in [1.807, 2.05) is 31.2 Å². The number of amides is 2. The first kappa shape index (κ1) is 11.6. The molecule has 4 heteroatoms. The van der Waals surface area contributed by atoms with Crippen LogP contribution in [0.3, 0.4) is 0 Å². The molecule has 1 fully saturated rings. The fourth-order valence-corrected chi connectivity index (χ4v) is 2.05. The topological polar surface area (TPSA) is 58.2 Å². The Morgan fingerprint density at radius 2 is 2.06 bits per heavy atom. The summed E-state index contributed by atoms with van der Waals surface area (Å²) in [6.07, 6.45) is 1.02. The van der Waals surface area contributed by atoms with Gasteiger partial charge in [0.1, 0.15) is 0 Å². The SMILES string of the molecule is CCNc1ccc(C2CCC(=O)NC2=O)cc1.[HH].[HH]. The van der Waals surface area contributed by atoms with Crippen molar-refractivity contribution in [3.8, 4) is 0 Å². The molecule has 2 rings (SSSR count). The highest BCUT2D eigenvalue weighted by atomic mass is 16.2. The molecule has 2 N–H and O–H groups in total. The fourth-order valence-electron chi connectivity index (χ4n) is 2.05. The maximum atomic E-state index is 11.7. The molecule has 4 nitrogen and oxygen atoms in total. The van der Waals surface area contributed by atoms with Crippen LogP contribution in [0.4, 0.5) is 5.69 Å². The average molecular weight is 236 g/mol. The van der Waals surface area contributed by atoms with E-state index in [9.17, 15) is 9.59 Å². The maximum Gasteiger partial charge on any atom is 0.234 e. The average Bonchev–Trinajstić information content (AvgIpc) is 2.31. The Bertz CT molecular complexity index is 435. The monoisotopic (exact) mass is 236 g/mol. The number of hydrogen-bond donors (Lipinski definition) is 2. The predicted octanol–water partition coefficient (Wildman–Crippen LogP) is 2.13. The number of carbonyl (C=O) groups is 2. The third kappa shape index (κ3) is 2.64. The summed E-state index contributed by atoms with van der Waals surface area (Å²) in [5.41, 5.74) is 2.01. The van der Waals surface area contributed by atoms with Gasteiger partial charge >= 0.3 is 0 Å². The number of benzene rings is 1. The van der Waals surface area contributed by atoms with Gasteiger partial charge in [-0.1, -0.05) is 12.1 Å².